The molecule has 6 nitrogen and oxygen atoms in total. The minimum absolute atomic E-state index is 0.00326. The van der Waals surface area contributed by atoms with E-state index in [0.717, 1.165) is 44.3 Å². The van der Waals surface area contributed by atoms with Gasteiger partial charge in [0.25, 0.3) is 0 Å². The first kappa shape index (κ1) is 11.5. The van der Waals surface area contributed by atoms with Crippen LogP contribution in [0.4, 0.5) is 0 Å². The summed E-state index contributed by atoms with van der Waals surface area (Å²) in [4.78, 5) is 6.73. The van der Waals surface area contributed by atoms with E-state index in [1.165, 1.54) is 0 Å². The molecule has 0 radical (unpaired) electrons. The van der Waals surface area contributed by atoms with Gasteiger partial charge in [-0.2, -0.15) is 5.10 Å². The molecule has 1 aliphatic rings. The smallest absolute Gasteiger partial charge is 0.180 e. The lowest BCUT2D eigenvalue weighted by molar-refractivity contribution is -0.0324. The SMILES string of the molecule is CCN1CCOC(c2n[nH]c(CCN)n2)C1. The van der Waals surface area contributed by atoms with Crippen LogP contribution in [0.15, 0.2) is 0 Å². The van der Waals surface area contributed by atoms with Crippen LogP contribution < -0.4 is 5.73 Å². The van der Waals surface area contributed by atoms with Gasteiger partial charge < -0.3 is 10.5 Å². The Labute approximate surface area is 95.2 Å². The molecule has 1 atom stereocenters. The first-order valence-electron chi connectivity index (χ1n) is 5.78. The second-order valence-corrected chi connectivity index (χ2v) is 3.93. The van der Waals surface area contributed by atoms with E-state index in [2.05, 4.69) is 27.0 Å². The van der Waals surface area contributed by atoms with Crippen molar-refractivity contribution in [2.24, 2.45) is 5.73 Å². The molecule has 1 fully saturated rings. The van der Waals surface area contributed by atoms with Gasteiger partial charge in [-0.1, -0.05) is 6.92 Å². The Morgan fingerprint density at radius 2 is 2.50 bits per heavy atom. The second-order valence-electron chi connectivity index (χ2n) is 3.93. The summed E-state index contributed by atoms with van der Waals surface area (Å²) in [5, 5.41) is 7.08. The van der Waals surface area contributed by atoms with E-state index in [9.17, 15) is 0 Å². The van der Waals surface area contributed by atoms with Crippen molar-refractivity contribution in [3.8, 4) is 0 Å². The largest absolute Gasteiger partial charge is 0.367 e. The van der Waals surface area contributed by atoms with Gasteiger partial charge in [0.15, 0.2) is 5.82 Å². The monoisotopic (exact) mass is 225 g/mol. The first-order valence-corrected chi connectivity index (χ1v) is 5.78. The third-order valence-corrected chi connectivity index (χ3v) is 2.82. The van der Waals surface area contributed by atoms with Gasteiger partial charge in [-0.3, -0.25) is 10.00 Å². The molecule has 0 bridgehead atoms. The number of aromatic amines is 1. The molecule has 0 aliphatic carbocycles. The van der Waals surface area contributed by atoms with Crippen LogP contribution in [0, 0.1) is 0 Å². The maximum atomic E-state index is 5.67. The standard InChI is InChI=1S/C10H19N5O/c1-2-15-5-6-16-8(7-15)10-12-9(3-4-11)13-14-10/h8H,2-7,11H2,1H3,(H,12,13,14). The third-order valence-electron chi connectivity index (χ3n) is 2.82. The molecule has 1 aromatic rings. The van der Waals surface area contributed by atoms with E-state index in [-0.39, 0.29) is 6.10 Å². The van der Waals surface area contributed by atoms with Gasteiger partial charge >= 0.3 is 0 Å². The van der Waals surface area contributed by atoms with Crippen LogP contribution in [0.3, 0.4) is 0 Å². The number of H-pyrrole nitrogens is 1. The van der Waals surface area contributed by atoms with E-state index in [0.29, 0.717) is 6.54 Å². The number of rotatable bonds is 4. The quantitative estimate of drug-likeness (QED) is 0.735. The zero-order valence-electron chi connectivity index (χ0n) is 9.65. The molecule has 0 amide bonds. The molecular formula is C10H19N5O. The number of likely N-dealkylation sites (N-methyl/N-ethyl adjacent to an activating group) is 1. The third kappa shape index (κ3) is 2.58. The summed E-state index contributed by atoms with van der Waals surface area (Å²) in [6.07, 6.45) is 0.730. The van der Waals surface area contributed by atoms with Gasteiger partial charge in [0.2, 0.25) is 0 Å². The number of hydrogen-bond acceptors (Lipinski definition) is 5. The fourth-order valence-electron chi connectivity index (χ4n) is 1.85. The molecule has 3 N–H and O–H groups in total. The van der Waals surface area contributed by atoms with Gasteiger partial charge in [-0.05, 0) is 13.1 Å². The summed E-state index contributed by atoms with van der Waals surface area (Å²) in [7, 11) is 0. The van der Waals surface area contributed by atoms with Gasteiger partial charge in [-0.15, -0.1) is 0 Å². The zero-order chi connectivity index (χ0) is 11.4. The maximum Gasteiger partial charge on any atom is 0.180 e. The van der Waals surface area contributed by atoms with E-state index in [1.54, 1.807) is 0 Å². The molecule has 90 valence electrons. The number of nitrogens with zero attached hydrogens (tertiary/aromatic N) is 3. The number of morpholine rings is 1. The van der Waals surface area contributed by atoms with Crippen LogP contribution in [0.1, 0.15) is 24.7 Å². The van der Waals surface area contributed by atoms with Crippen LogP contribution in [-0.2, 0) is 11.2 Å². The molecule has 0 saturated carbocycles. The van der Waals surface area contributed by atoms with Gasteiger partial charge in [0.1, 0.15) is 11.9 Å². The summed E-state index contributed by atoms with van der Waals surface area (Å²) in [5.74, 6) is 1.59. The lowest BCUT2D eigenvalue weighted by atomic mass is 10.2. The second kappa shape index (κ2) is 5.38. The zero-order valence-corrected chi connectivity index (χ0v) is 9.65. The highest BCUT2D eigenvalue weighted by Crippen LogP contribution is 2.18. The Morgan fingerprint density at radius 3 is 3.25 bits per heavy atom. The van der Waals surface area contributed by atoms with Crippen LogP contribution in [0.5, 0.6) is 0 Å². The summed E-state index contributed by atoms with van der Waals surface area (Å²) < 4.78 is 5.67. The Morgan fingerprint density at radius 1 is 1.62 bits per heavy atom. The lowest BCUT2D eigenvalue weighted by Crippen LogP contribution is -2.38. The molecule has 0 spiro atoms. The highest BCUT2D eigenvalue weighted by Gasteiger charge is 2.24. The summed E-state index contributed by atoms with van der Waals surface area (Å²) in [6, 6.07) is 0. The number of ether oxygens (including phenoxy) is 1. The van der Waals surface area contributed by atoms with Crippen LogP contribution in [0.25, 0.3) is 0 Å². The van der Waals surface area contributed by atoms with Crippen molar-refractivity contribution in [3.05, 3.63) is 11.6 Å². The molecule has 1 saturated heterocycles. The Hall–Kier alpha value is -0.980. The Balaban J connectivity index is 1.99. The topological polar surface area (TPSA) is 80.1 Å². The van der Waals surface area contributed by atoms with Crippen molar-refractivity contribution >= 4 is 0 Å². The molecule has 1 unspecified atom stereocenters. The summed E-state index contributed by atoms with van der Waals surface area (Å²) >= 11 is 0. The number of hydrogen-bond donors (Lipinski definition) is 2. The Kier molecular flexibility index (Phi) is 3.87. The van der Waals surface area contributed by atoms with Crippen LogP contribution in [0.2, 0.25) is 0 Å². The van der Waals surface area contributed by atoms with E-state index >= 15 is 0 Å². The summed E-state index contributed by atoms with van der Waals surface area (Å²) in [5.41, 5.74) is 5.46. The average Bonchev–Trinajstić information content (AvgIpc) is 2.78. The van der Waals surface area contributed by atoms with Crippen molar-refractivity contribution in [1.29, 1.82) is 0 Å². The fourth-order valence-corrected chi connectivity index (χ4v) is 1.85. The van der Waals surface area contributed by atoms with Gasteiger partial charge in [-0.25, -0.2) is 4.98 Å². The average molecular weight is 225 g/mol. The minimum Gasteiger partial charge on any atom is -0.367 e. The predicted molar refractivity (Wildman–Crippen MR) is 59.9 cm³/mol. The maximum absolute atomic E-state index is 5.67. The highest BCUT2D eigenvalue weighted by molar-refractivity contribution is 4.97. The molecule has 1 aliphatic heterocycles. The van der Waals surface area contributed by atoms with Crippen molar-refractivity contribution in [3.63, 3.8) is 0 Å². The van der Waals surface area contributed by atoms with E-state index in [1.807, 2.05) is 0 Å². The minimum atomic E-state index is -0.00326. The predicted octanol–water partition coefficient (Wildman–Crippen LogP) is -0.301. The van der Waals surface area contributed by atoms with Crippen LogP contribution >= 0.6 is 0 Å². The molecule has 1 aromatic heterocycles. The lowest BCUT2D eigenvalue weighted by Gasteiger charge is -2.30. The Bertz CT molecular complexity index is 327. The summed E-state index contributed by atoms with van der Waals surface area (Å²) in [6.45, 7) is 6.39. The fraction of sp³-hybridized carbons (Fsp3) is 0.800. The molecular weight excluding hydrogens is 206 g/mol. The van der Waals surface area contributed by atoms with Gasteiger partial charge in [0.05, 0.1) is 6.61 Å². The van der Waals surface area contributed by atoms with Crippen LogP contribution in [-0.4, -0.2) is 52.9 Å². The molecule has 16 heavy (non-hydrogen) atoms. The van der Waals surface area contributed by atoms with Crippen molar-refractivity contribution in [2.45, 2.75) is 19.4 Å². The number of nitrogens with one attached hydrogen (secondary N) is 1. The van der Waals surface area contributed by atoms with Crippen molar-refractivity contribution in [2.75, 3.05) is 32.8 Å². The van der Waals surface area contributed by atoms with Crippen molar-refractivity contribution in [1.82, 2.24) is 20.1 Å². The number of aromatic nitrogens is 3. The first-order chi connectivity index (χ1) is 7.83. The highest BCUT2D eigenvalue weighted by atomic mass is 16.5. The van der Waals surface area contributed by atoms with E-state index < -0.39 is 0 Å². The number of nitrogens with two attached hydrogens (primary N) is 1. The van der Waals surface area contributed by atoms with Gasteiger partial charge in [0, 0.05) is 19.5 Å². The molecule has 6 heteroatoms. The van der Waals surface area contributed by atoms with E-state index in [4.69, 9.17) is 10.5 Å². The molecule has 2 heterocycles. The van der Waals surface area contributed by atoms with Crippen molar-refractivity contribution < 1.29 is 4.74 Å². The molecule has 0 aromatic carbocycles. The normalized spacial score (nSPS) is 22.5. The molecule has 2 rings (SSSR count).